The average molecular weight is 279 g/mol. The van der Waals surface area contributed by atoms with Crippen LogP contribution in [0.25, 0.3) is 21.7 Å². The predicted molar refractivity (Wildman–Crippen MR) is 68.1 cm³/mol. The molecule has 3 rings (SSSR count). The molecule has 0 fully saturated rings. The van der Waals surface area contributed by atoms with E-state index in [1.54, 1.807) is 12.1 Å². The van der Waals surface area contributed by atoms with Crippen molar-refractivity contribution in [3.8, 4) is 17.1 Å². The molecule has 19 heavy (non-hydrogen) atoms. The standard InChI is InChI=1S/C11H9N3O4S/c1-16-6-2-5(10-13-8(4-12)18-14-10)3-7-9(6)17-11(15)19-7/h2-3H,4,12H2,1H3. The fourth-order valence-electron chi connectivity index (χ4n) is 1.68. The Morgan fingerprint density at radius 1 is 1.47 bits per heavy atom. The highest BCUT2D eigenvalue weighted by Crippen LogP contribution is 2.32. The Hall–Kier alpha value is -2.19. The number of hydrogen-bond acceptors (Lipinski definition) is 8. The second-order valence-corrected chi connectivity index (χ2v) is 4.65. The molecule has 3 aromatic rings. The van der Waals surface area contributed by atoms with E-state index in [1.807, 2.05) is 0 Å². The summed E-state index contributed by atoms with van der Waals surface area (Å²) in [5, 5.41) is 3.82. The van der Waals surface area contributed by atoms with Crippen LogP contribution in [0.2, 0.25) is 0 Å². The van der Waals surface area contributed by atoms with Gasteiger partial charge in [0.15, 0.2) is 11.3 Å². The van der Waals surface area contributed by atoms with E-state index in [1.165, 1.54) is 7.11 Å². The summed E-state index contributed by atoms with van der Waals surface area (Å²) in [5.74, 6) is 1.18. The van der Waals surface area contributed by atoms with Crippen LogP contribution in [-0.2, 0) is 6.54 Å². The fourth-order valence-corrected chi connectivity index (χ4v) is 2.41. The van der Waals surface area contributed by atoms with Crippen LogP contribution in [0.1, 0.15) is 5.89 Å². The van der Waals surface area contributed by atoms with Crippen molar-refractivity contribution in [1.82, 2.24) is 10.1 Å². The quantitative estimate of drug-likeness (QED) is 0.772. The summed E-state index contributed by atoms with van der Waals surface area (Å²) in [6.07, 6.45) is 0. The maximum atomic E-state index is 11.3. The molecule has 1 aromatic carbocycles. The lowest BCUT2D eigenvalue weighted by Gasteiger charge is -2.01. The Kier molecular flexibility index (Phi) is 2.80. The Bertz CT molecular complexity index is 789. The molecular formula is C11H9N3O4S. The first-order valence-corrected chi connectivity index (χ1v) is 6.17. The molecule has 2 N–H and O–H groups in total. The molecule has 0 aliphatic rings. The van der Waals surface area contributed by atoms with Crippen LogP contribution < -0.4 is 15.4 Å². The molecule has 0 amide bonds. The van der Waals surface area contributed by atoms with Gasteiger partial charge in [-0.25, -0.2) is 4.79 Å². The minimum Gasteiger partial charge on any atom is -0.493 e. The molecule has 0 bridgehead atoms. The van der Waals surface area contributed by atoms with Crippen LogP contribution in [0, 0.1) is 0 Å². The van der Waals surface area contributed by atoms with Crippen LogP contribution in [0.4, 0.5) is 0 Å². The zero-order valence-corrected chi connectivity index (χ0v) is 10.7. The minimum atomic E-state index is -0.388. The van der Waals surface area contributed by atoms with Crippen LogP contribution in [0.15, 0.2) is 25.9 Å². The maximum absolute atomic E-state index is 11.3. The number of fused-ring (bicyclic) bond motifs is 1. The highest BCUT2D eigenvalue weighted by Gasteiger charge is 2.15. The first kappa shape index (κ1) is 11.9. The van der Waals surface area contributed by atoms with Crippen LogP contribution in [0.5, 0.6) is 5.75 Å². The number of ether oxygens (including phenoxy) is 1. The van der Waals surface area contributed by atoms with Gasteiger partial charge in [0.25, 0.3) is 0 Å². The van der Waals surface area contributed by atoms with E-state index in [-0.39, 0.29) is 11.5 Å². The number of benzene rings is 1. The van der Waals surface area contributed by atoms with Gasteiger partial charge < -0.3 is 19.4 Å². The van der Waals surface area contributed by atoms with Crippen molar-refractivity contribution in [3.63, 3.8) is 0 Å². The summed E-state index contributed by atoms with van der Waals surface area (Å²) in [6, 6.07) is 3.43. The van der Waals surface area contributed by atoms with Crippen molar-refractivity contribution in [2.24, 2.45) is 5.73 Å². The monoisotopic (exact) mass is 279 g/mol. The Morgan fingerprint density at radius 2 is 2.32 bits per heavy atom. The normalized spacial score (nSPS) is 11.1. The second-order valence-electron chi connectivity index (χ2n) is 3.68. The van der Waals surface area contributed by atoms with E-state index in [0.29, 0.717) is 33.3 Å². The molecule has 8 heteroatoms. The lowest BCUT2D eigenvalue weighted by molar-refractivity contribution is 0.380. The molecule has 0 radical (unpaired) electrons. The van der Waals surface area contributed by atoms with Gasteiger partial charge in [-0.05, 0) is 12.1 Å². The minimum absolute atomic E-state index is 0.172. The van der Waals surface area contributed by atoms with E-state index in [2.05, 4.69) is 10.1 Å². The zero-order valence-electron chi connectivity index (χ0n) is 9.87. The summed E-state index contributed by atoms with van der Waals surface area (Å²) in [6.45, 7) is 0.172. The number of hydrogen-bond donors (Lipinski definition) is 1. The molecule has 0 unspecified atom stereocenters. The van der Waals surface area contributed by atoms with Crippen molar-refractivity contribution < 1.29 is 13.7 Å². The van der Waals surface area contributed by atoms with Gasteiger partial charge in [-0.1, -0.05) is 16.5 Å². The van der Waals surface area contributed by atoms with Gasteiger partial charge >= 0.3 is 4.94 Å². The van der Waals surface area contributed by atoms with Gasteiger partial charge in [-0.3, -0.25) is 0 Å². The molecule has 0 aliphatic heterocycles. The molecule has 2 aromatic heterocycles. The van der Waals surface area contributed by atoms with Gasteiger partial charge in [-0.2, -0.15) is 4.98 Å². The van der Waals surface area contributed by atoms with E-state index < -0.39 is 0 Å². The highest BCUT2D eigenvalue weighted by atomic mass is 32.1. The topological polar surface area (TPSA) is 104 Å². The molecule has 98 valence electrons. The Labute approximate surface area is 110 Å². The predicted octanol–water partition coefficient (Wildman–Crippen LogP) is 1.37. The number of aromatic nitrogens is 2. The highest BCUT2D eigenvalue weighted by molar-refractivity contribution is 7.16. The lowest BCUT2D eigenvalue weighted by Crippen LogP contribution is -1.95. The molecule has 0 spiro atoms. The molecule has 0 atom stereocenters. The van der Waals surface area contributed by atoms with Gasteiger partial charge in [0.1, 0.15) is 0 Å². The summed E-state index contributed by atoms with van der Waals surface area (Å²) < 4.78 is 15.9. The average Bonchev–Trinajstić information content (AvgIpc) is 3.02. The molecule has 0 aliphatic carbocycles. The molecular weight excluding hydrogens is 270 g/mol. The summed E-state index contributed by atoms with van der Waals surface area (Å²) in [7, 11) is 1.50. The van der Waals surface area contributed by atoms with Crippen LogP contribution in [-0.4, -0.2) is 17.3 Å². The van der Waals surface area contributed by atoms with Crippen molar-refractivity contribution >= 4 is 21.6 Å². The second kappa shape index (κ2) is 4.48. The van der Waals surface area contributed by atoms with E-state index in [9.17, 15) is 4.79 Å². The third kappa shape index (κ3) is 2.00. The van der Waals surface area contributed by atoms with Gasteiger partial charge in [0.05, 0.1) is 18.4 Å². The van der Waals surface area contributed by atoms with Crippen molar-refractivity contribution in [3.05, 3.63) is 27.8 Å². The lowest BCUT2D eigenvalue weighted by atomic mass is 10.2. The van der Waals surface area contributed by atoms with Crippen molar-refractivity contribution in [2.45, 2.75) is 6.54 Å². The smallest absolute Gasteiger partial charge is 0.396 e. The van der Waals surface area contributed by atoms with Gasteiger partial charge in [0.2, 0.25) is 11.7 Å². The largest absolute Gasteiger partial charge is 0.493 e. The van der Waals surface area contributed by atoms with Crippen molar-refractivity contribution in [2.75, 3.05) is 7.11 Å². The van der Waals surface area contributed by atoms with Gasteiger partial charge in [0, 0.05) is 5.56 Å². The van der Waals surface area contributed by atoms with Gasteiger partial charge in [-0.15, -0.1) is 0 Å². The summed E-state index contributed by atoms with van der Waals surface area (Å²) >= 11 is 0.990. The molecule has 2 heterocycles. The maximum Gasteiger partial charge on any atom is 0.396 e. The number of methoxy groups -OCH3 is 1. The fraction of sp³-hybridized carbons (Fsp3) is 0.182. The third-order valence-corrected chi connectivity index (χ3v) is 3.29. The van der Waals surface area contributed by atoms with E-state index in [0.717, 1.165) is 11.3 Å². The zero-order chi connectivity index (χ0) is 13.4. The molecule has 0 saturated heterocycles. The molecule has 7 nitrogen and oxygen atoms in total. The van der Waals surface area contributed by atoms with E-state index >= 15 is 0 Å². The SMILES string of the molecule is COc1cc(-c2noc(CN)n2)cc2sc(=O)oc12. The van der Waals surface area contributed by atoms with Crippen LogP contribution >= 0.6 is 11.3 Å². The summed E-state index contributed by atoms with van der Waals surface area (Å²) in [4.78, 5) is 15.0. The number of nitrogens with two attached hydrogens (primary N) is 1. The third-order valence-electron chi connectivity index (χ3n) is 2.52. The van der Waals surface area contributed by atoms with Crippen molar-refractivity contribution in [1.29, 1.82) is 0 Å². The molecule has 0 saturated carbocycles. The number of nitrogens with zero attached hydrogens (tertiary/aromatic N) is 2. The first-order valence-electron chi connectivity index (χ1n) is 5.36. The van der Waals surface area contributed by atoms with Crippen LogP contribution in [0.3, 0.4) is 0 Å². The Morgan fingerprint density at radius 3 is 3.00 bits per heavy atom. The number of rotatable bonds is 3. The Balaban J connectivity index is 2.21. The first-order chi connectivity index (χ1) is 9.21. The summed E-state index contributed by atoms with van der Waals surface area (Å²) in [5.41, 5.74) is 6.51. The van der Waals surface area contributed by atoms with E-state index in [4.69, 9.17) is 19.4 Å².